The molecule has 0 unspecified atom stereocenters. The Morgan fingerprint density at radius 2 is 2.04 bits per heavy atom. The highest BCUT2D eigenvalue weighted by Crippen LogP contribution is 2.31. The van der Waals surface area contributed by atoms with Crippen molar-refractivity contribution in [3.05, 3.63) is 46.1 Å². The monoisotopic (exact) mass is 419 g/mol. The molecule has 0 spiro atoms. The van der Waals surface area contributed by atoms with Crippen LogP contribution in [0.2, 0.25) is 0 Å². The summed E-state index contributed by atoms with van der Waals surface area (Å²) in [6, 6.07) is 5.25. The molecule has 27 heavy (non-hydrogen) atoms. The molecular weight excluding hydrogens is 399 g/mol. The first-order chi connectivity index (χ1) is 12.3. The Morgan fingerprint density at radius 1 is 1.33 bits per heavy atom. The van der Waals surface area contributed by atoms with Gasteiger partial charge in [0.25, 0.3) is 0 Å². The Kier molecular flexibility index (Phi) is 7.25. The molecule has 148 valence electrons. The molecule has 2 heterocycles. The van der Waals surface area contributed by atoms with Crippen molar-refractivity contribution in [2.45, 2.75) is 32.4 Å². The number of halogens is 4. The second kappa shape index (κ2) is 9.03. The molecule has 1 aliphatic heterocycles. The van der Waals surface area contributed by atoms with Gasteiger partial charge in [0.05, 0.1) is 16.3 Å². The van der Waals surface area contributed by atoms with E-state index in [0.29, 0.717) is 27.7 Å². The van der Waals surface area contributed by atoms with E-state index < -0.39 is 11.7 Å². The fourth-order valence-corrected chi connectivity index (χ4v) is 3.98. The quantitative estimate of drug-likeness (QED) is 0.771. The largest absolute Gasteiger partial charge is 0.416 e. The lowest BCUT2D eigenvalue weighted by Crippen LogP contribution is -2.34. The third kappa shape index (κ3) is 5.67. The molecule has 1 saturated heterocycles. The first-order valence-electron chi connectivity index (χ1n) is 8.47. The molecule has 1 aromatic heterocycles. The number of hydrogen-bond donors (Lipinski definition) is 2. The van der Waals surface area contributed by atoms with Crippen molar-refractivity contribution in [3.63, 3.8) is 0 Å². The summed E-state index contributed by atoms with van der Waals surface area (Å²) in [6.45, 7) is 3.46. The topological polar surface area (TPSA) is 54.0 Å². The minimum atomic E-state index is -4.36. The van der Waals surface area contributed by atoms with E-state index in [0.717, 1.165) is 38.1 Å². The van der Waals surface area contributed by atoms with E-state index in [1.807, 2.05) is 0 Å². The van der Waals surface area contributed by atoms with E-state index in [1.54, 1.807) is 13.0 Å². The maximum atomic E-state index is 12.8. The first-order valence-corrected chi connectivity index (χ1v) is 9.28. The van der Waals surface area contributed by atoms with Gasteiger partial charge in [-0.25, -0.2) is 4.98 Å². The van der Waals surface area contributed by atoms with Crippen LogP contribution in [0, 0.1) is 12.8 Å². The third-order valence-electron chi connectivity index (χ3n) is 4.40. The summed E-state index contributed by atoms with van der Waals surface area (Å²) >= 11 is 1.32. The van der Waals surface area contributed by atoms with Gasteiger partial charge in [-0.05, 0) is 44.5 Å². The molecular formula is C18H21ClF3N3OS. The number of aryl methyl sites for hydroxylation is 1. The van der Waals surface area contributed by atoms with Gasteiger partial charge in [-0.1, -0.05) is 18.2 Å². The highest BCUT2D eigenvalue weighted by atomic mass is 35.5. The Bertz CT molecular complexity index is 788. The minimum Gasteiger partial charge on any atom is -0.317 e. The average Bonchev–Trinajstić information content (AvgIpc) is 2.94. The zero-order valence-corrected chi connectivity index (χ0v) is 16.4. The van der Waals surface area contributed by atoms with Gasteiger partial charge in [0.2, 0.25) is 5.91 Å². The summed E-state index contributed by atoms with van der Waals surface area (Å²) < 4.78 is 38.5. The molecule has 1 aliphatic rings. The SMILES string of the molecule is Cc1nc(Cc2cccc(C(F)(F)F)c2)sc1NC(=O)C1CCNCC1.Cl. The number of thiazole rings is 1. The van der Waals surface area contributed by atoms with Gasteiger partial charge in [0, 0.05) is 12.3 Å². The highest BCUT2D eigenvalue weighted by molar-refractivity contribution is 7.16. The van der Waals surface area contributed by atoms with Crippen LogP contribution in [0.4, 0.5) is 18.2 Å². The normalized spacial score (nSPS) is 15.3. The molecule has 0 radical (unpaired) electrons. The Morgan fingerprint density at radius 3 is 2.70 bits per heavy atom. The van der Waals surface area contributed by atoms with E-state index >= 15 is 0 Å². The smallest absolute Gasteiger partial charge is 0.317 e. The molecule has 0 saturated carbocycles. The van der Waals surface area contributed by atoms with E-state index in [-0.39, 0.29) is 24.2 Å². The summed E-state index contributed by atoms with van der Waals surface area (Å²) in [4.78, 5) is 16.8. The van der Waals surface area contributed by atoms with Gasteiger partial charge in [-0.15, -0.1) is 23.7 Å². The molecule has 1 fully saturated rings. The van der Waals surface area contributed by atoms with Crippen molar-refractivity contribution >= 4 is 34.7 Å². The van der Waals surface area contributed by atoms with Crippen LogP contribution in [0.25, 0.3) is 0 Å². The van der Waals surface area contributed by atoms with Crippen LogP contribution in [0.15, 0.2) is 24.3 Å². The molecule has 1 aromatic carbocycles. The molecule has 2 aromatic rings. The molecule has 0 bridgehead atoms. The second-order valence-corrected chi connectivity index (χ2v) is 7.49. The number of aromatic nitrogens is 1. The van der Waals surface area contributed by atoms with Crippen molar-refractivity contribution in [1.82, 2.24) is 10.3 Å². The van der Waals surface area contributed by atoms with Crippen molar-refractivity contribution in [2.75, 3.05) is 18.4 Å². The van der Waals surface area contributed by atoms with E-state index in [2.05, 4.69) is 15.6 Å². The lowest BCUT2D eigenvalue weighted by Gasteiger charge is -2.21. The van der Waals surface area contributed by atoms with Crippen molar-refractivity contribution in [1.29, 1.82) is 0 Å². The van der Waals surface area contributed by atoms with E-state index in [1.165, 1.54) is 17.4 Å². The first kappa shape index (κ1) is 21.7. The summed E-state index contributed by atoms with van der Waals surface area (Å²) in [5.41, 5.74) is 0.576. The molecule has 1 amide bonds. The van der Waals surface area contributed by atoms with Gasteiger partial charge < -0.3 is 10.6 Å². The Hall–Kier alpha value is -1.64. The molecule has 4 nitrogen and oxygen atoms in total. The standard InChI is InChI=1S/C18H20F3N3OS.ClH/c1-11-17(24-16(25)13-5-7-22-8-6-13)26-15(23-11)10-12-3-2-4-14(9-12)18(19,20)21;/h2-4,9,13,22H,5-8,10H2,1H3,(H,24,25);1H. The summed E-state index contributed by atoms with van der Waals surface area (Å²) in [5, 5.41) is 7.51. The van der Waals surface area contributed by atoms with E-state index in [9.17, 15) is 18.0 Å². The lowest BCUT2D eigenvalue weighted by atomic mass is 9.97. The highest BCUT2D eigenvalue weighted by Gasteiger charge is 2.30. The fourth-order valence-electron chi connectivity index (χ4n) is 2.97. The number of anilines is 1. The van der Waals surface area contributed by atoms with Crippen LogP contribution in [0.1, 0.15) is 34.7 Å². The number of hydrogen-bond acceptors (Lipinski definition) is 4. The van der Waals surface area contributed by atoms with Crippen LogP contribution in [0.3, 0.4) is 0 Å². The summed E-state index contributed by atoms with van der Waals surface area (Å²) in [5.74, 6) is -0.0199. The Balaban J connectivity index is 0.00000261. The number of nitrogens with one attached hydrogen (secondary N) is 2. The number of nitrogens with zero attached hydrogens (tertiary/aromatic N) is 1. The summed E-state index contributed by atoms with van der Waals surface area (Å²) in [6.07, 6.45) is -2.44. The molecule has 9 heteroatoms. The Labute approximate surface area is 166 Å². The maximum Gasteiger partial charge on any atom is 0.416 e. The van der Waals surface area contributed by atoms with Crippen LogP contribution < -0.4 is 10.6 Å². The average molecular weight is 420 g/mol. The van der Waals surface area contributed by atoms with Crippen molar-refractivity contribution in [3.8, 4) is 0 Å². The van der Waals surface area contributed by atoms with Gasteiger partial charge in [0.1, 0.15) is 5.00 Å². The molecule has 2 N–H and O–H groups in total. The number of alkyl halides is 3. The molecule has 3 rings (SSSR count). The number of benzene rings is 1. The van der Waals surface area contributed by atoms with Crippen LogP contribution in [-0.4, -0.2) is 24.0 Å². The molecule has 0 aliphatic carbocycles. The van der Waals surface area contributed by atoms with Crippen LogP contribution in [-0.2, 0) is 17.4 Å². The second-order valence-electron chi connectivity index (χ2n) is 6.41. The van der Waals surface area contributed by atoms with Crippen LogP contribution in [0.5, 0.6) is 0 Å². The van der Waals surface area contributed by atoms with Gasteiger partial charge in [-0.3, -0.25) is 4.79 Å². The minimum absolute atomic E-state index is 0. The fraction of sp³-hybridized carbons (Fsp3) is 0.444. The van der Waals surface area contributed by atoms with Crippen molar-refractivity contribution < 1.29 is 18.0 Å². The van der Waals surface area contributed by atoms with Gasteiger partial charge >= 0.3 is 6.18 Å². The molecule has 0 atom stereocenters. The predicted molar refractivity (Wildman–Crippen MR) is 103 cm³/mol. The third-order valence-corrected chi connectivity index (χ3v) is 5.47. The van der Waals surface area contributed by atoms with Gasteiger partial charge in [-0.2, -0.15) is 13.2 Å². The van der Waals surface area contributed by atoms with Crippen molar-refractivity contribution in [2.24, 2.45) is 5.92 Å². The number of rotatable bonds is 4. The summed E-state index contributed by atoms with van der Waals surface area (Å²) in [7, 11) is 0. The zero-order chi connectivity index (χ0) is 18.7. The number of carbonyl (C=O) groups is 1. The van der Waals surface area contributed by atoms with Crippen LogP contribution >= 0.6 is 23.7 Å². The number of amides is 1. The predicted octanol–water partition coefficient (Wildman–Crippen LogP) is 4.42. The zero-order valence-electron chi connectivity index (χ0n) is 14.7. The number of piperidine rings is 1. The maximum absolute atomic E-state index is 12.8. The lowest BCUT2D eigenvalue weighted by molar-refractivity contribution is -0.137. The number of carbonyl (C=O) groups excluding carboxylic acids is 1. The van der Waals surface area contributed by atoms with E-state index in [4.69, 9.17) is 0 Å². The van der Waals surface area contributed by atoms with Gasteiger partial charge in [0.15, 0.2) is 0 Å².